The van der Waals surface area contributed by atoms with Crippen LogP contribution in [0, 0.1) is 0 Å². The fraction of sp³-hybridized carbons (Fsp3) is 0.200. The van der Waals surface area contributed by atoms with E-state index in [9.17, 15) is 9.59 Å². The number of carbonyl (C=O) groups is 2. The molecule has 0 unspecified atom stereocenters. The number of nitrogens with one attached hydrogen (secondary N) is 1. The molecule has 0 aliphatic carbocycles. The van der Waals surface area contributed by atoms with Gasteiger partial charge in [-0.3, -0.25) is 9.69 Å². The third kappa shape index (κ3) is 2.84. The van der Waals surface area contributed by atoms with Crippen LogP contribution in [0.3, 0.4) is 0 Å². The minimum atomic E-state index is -1.10. The Bertz CT molecular complexity index is 1110. The predicted octanol–water partition coefficient (Wildman–Crippen LogP) is 2.65. The molecule has 3 heterocycles. The molecular formula is C20H16ClN5O3. The first-order valence-corrected chi connectivity index (χ1v) is 9.48. The molecule has 146 valence electrons. The first-order valence-electron chi connectivity index (χ1n) is 9.10. The molecule has 1 atom stereocenters. The molecule has 3 amide bonds. The number of imide groups is 1. The molecule has 2 aliphatic rings. The van der Waals surface area contributed by atoms with Gasteiger partial charge in [-0.25, -0.2) is 9.48 Å². The highest BCUT2D eigenvalue weighted by Crippen LogP contribution is 2.41. The summed E-state index contributed by atoms with van der Waals surface area (Å²) >= 11 is 5.91. The lowest BCUT2D eigenvalue weighted by Crippen LogP contribution is -2.47. The van der Waals surface area contributed by atoms with E-state index in [4.69, 9.17) is 16.3 Å². The number of amides is 3. The molecule has 5 rings (SSSR count). The average molecular weight is 410 g/mol. The lowest BCUT2D eigenvalue weighted by atomic mass is 9.84. The summed E-state index contributed by atoms with van der Waals surface area (Å²) < 4.78 is 7.22. The van der Waals surface area contributed by atoms with Gasteiger partial charge in [0.1, 0.15) is 11.4 Å². The van der Waals surface area contributed by atoms with E-state index in [0.29, 0.717) is 35.1 Å². The Labute approximate surface area is 171 Å². The molecule has 9 heteroatoms. The largest absolute Gasteiger partial charge is 0.493 e. The van der Waals surface area contributed by atoms with E-state index >= 15 is 0 Å². The molecule has 1 aromatic heterocycles. The number of carbonyl (C=O) groups excluding carboxylic acids is 2. The Balaban J connectivity index is 1.42. The van der Waals surface area contributed by atoms with Gasteiger partial charge < -0.3 is 10.1 Å². The van der Waals surface area contributed by atoms with Gasteiger partial charge >= 0.3 is 6.03 Å². The van der Waals surface area contributed by atoms with Gasteiger partial charge in [0, 0.05) is 17.0 Å². The first-order chi connectivity index (χ1) is 14.1. The number of aromatic nitrogens is 3. The minimum absolute atomic E-state index is 0.0308. The molecule has 1 fully saturated rings. The monoisotopic (exact) mass is 409 g/mol. The lowest BCUT2D eigenvalue weighted by Gasteiger charge is -2.33. The highest BCUT2D eigenvalue weighted by Gasteiger charge is 2.54. The molecule has 8 nitrogen and oxygen atoms in total. The van der Waals surface area contributed by atoms with Gasteiger partial charge in [-0.1, -0.05) is 35.0 Å². The lowest BCUT2D eigenvalue weighted by molar-refractivity contribution is -0.133. The maximum absolute atomic E-state index is 13.3. The van der Waals surface area contributed by atoms with Crippen molar-refractivity contribution in [2.45, 2.75) is 18.5 Å². The van der Waals surface area contributed by atoms with Crippen LogP contribution in [0.5, 0.6) is 5.75 Å². The Kier molecular flexibility index (Phi) is 4.02. The highest BCUT2D eigenvalue weighted by atomic mass is 35.5. The van der Waals surface area contributed by atoms with Crippen LogP contribution in [0.4, 0.5) is 4.79 Å². The molecule has 1 saturated heterocycles. The van der Waals surface area contributed by atoms with Crippen LogP contribution in [0.25, 0.3) is 5.69 Å². The molecule has 0 saturated carbocycles. The Morgan fingerprint density at radius 3 is 2.76 bits per heavy atom. The number of para-hydroxylation sites is 1. The van der Waals surface area contributed by atoms with Crippen LogP contribution >= 0.6 is 11.6 Å². The summed E-state index contributed by atoms with van der Waals surface area (Å²) in [5, 5.41) is 11.7. The molecule has 0 bridgehead atoms. The van der Waals surface area contributed by atoms with Gasteiger partial charge in [0.15, 0.2) is 5.54 Å². The zero-order valence-corrected chi connectivity index (χ0v) is 16.0. The summed E-state index contributed by atoms with van der Waals surface area (Å²) in [6.07, 6.45) is 2.06. The zero-order valence-electron chi connectivity index (χ0n) is 15.2. The van der Waals surface area contributed by atoms with Crippen LogP contribution in [0.15, 0.2) is 54.7 Å². The van der Waals surface area contributed by atoms with Crippen molar-refractivity contribution in [2.75, 3.05) is 6.61 Å². The van der Waals surface area contributed by atoms with Crippen molar-refractivity contribution >= 4 is 23.5 Å². The number of fused-ring (bicyclic) bond motifs is 2. The summed E-state index contributed by atoms with van der Waals surface area (Å²) in [6, 6.07) is 14.0. The quantitative estimate of drug-likeness (QED) is 0.672. The Morgan fingerprint density at radius 1 is 1.14 bits per heavy atom. The van der Waals surface area contributed by atoms with E-state index in [2.05, 4.69) is 15.6 Å². The molecule has 0 radical (unpaired) electrons. The molecule has 29 heavy (non-hydrogen) atoms. The number of rotatable bonds is 3. The molecule has 3 aromatic rings. The number of hydrogen-bond donors (Lipinski definition) is 1. The molecule has 2 aliphatic heterocycles. The van der Waals surface area contributed by atoms with Crippen LogP contribution < -0.4 is 10.1 Å². The smallest absolute Gasteiger partial charge is 0.325 e. The summed E-state index contributed by atoms with van der Waals surface area (Å²) in [5.41, 5.74) is 0.857. The van der Waals surface area contributed by atoms with Gasteiger partial charge in [0.25, 0.3) is 5.91 Å². The highest BCUT2D eigenvalue weighted by molar-refractivity contribution is 6.30. The maximum Gasteiger partial charge on any atom is 0.325 e. The summed E-state index contributed by atoms with van der Waals surface area (Å²) in [5.74, 6) is 0.308. The second-order valence-electron chi connectivity index (χ2n) is 6.95. The van der Waals surface area contributed by atoms with Crippen LogP contribution in [-0.2, 0) is 16.9 Å². The van der Waals surface area contributed by atoms with Crippen LogP contribution in [0.2, 0.25) is 5.02 Å². The van der Waals surface area contributed by atoms with Crippen molar-refractivity contribution in [2.24, 2.45) is 0 Å². The van der Waals surface area contributed by atoms with Crippen molar-refractivity contribution in [3.8, 4) is 11.4 Å². The number of nitrogens with zero attached hydrogens (tertiary/aromatic N) is 4. The van der Waals surface area contributed by atoms with Gasteiger partial charge in [0.2, 0.25) is 0 Å². The molecule has 2 aromatic carbocycles. The summed E-state index contributed by atoms with van der Waals surface area (Å²) in [7, 11) is 0. The van der Waals surface area contributed by atoms with Crippen molar-refractivity contribution in [1.82, 2.24) is 25.2 Å². The predicted molar refractivity (Wildman–Crippen MR) is 104 cm³/mol. The first kappa shape index (κ1) is 17.7. The number of halogens is 1. The number of benzene rings is 2. The van der Waals surface area contributed by atoms with Crippen molar-refractivity contribution in [3.63, 3.8) is 0 Å². The van der Waals surface area contributed by atoms with E-state index in [0.717, 1.165) is 5.69 Å². The van der Waals surface area contributed by atoms with Crippen LogP contribution in [-0.4, -0.2) is 38.4 Å². The molecule has 1 N–H and O–H groups in total. The normalized spacial score (nSPS) is 20.5. The fourth-order valence-corrected chi connectivity index (χ4v) is 3.89. The van der Waals surface area contributed by atoms with Gasteiger partial charge in [-0.15, -0.1) is 5.10 Å². The Hall–Kier alpha value is -3.39. The topological polar surface area (TPSA) is 89.4 Å². The second-order valence-corrected chi connectivity index (χ2v) is 7.39. The minimum Gasteiger partial charge on any atom is -0.493 e. The van der Waals surface area contributed by atoms with Crippen LogP contribution in [0.1, 0.15) is 17.7 Å². The van der Waals surface area contributed by atoms with Gasteiger partial charge in [0.05, 0.1) is 25.0 Å². The number of urea groups is 1. The van der Waals surface area contributed by atoms with E-state index in [1.807, 2.05) is 30.3 Å². The van der Waals surface area contributed by atoms with E-state index in [1.54, 1.807) is 29.1 Å². The van der Waals surface area contributed by atoms with E-state index in [-0.39, 0.29) is 12.5 Å². The van der Waals surface area contributed by atoms with Crippen molar-refractivity contribution < 1.29 is 14.3 Å². The third-order valence-corrected chi connectivity index (χ3v) is 5.46. The van der Waals surface area contributed by atoms with E-state index < -0.39 is 11.6 Å². The standard InChI is InChI=1S/C20H16ClN5O3/c21-13-5-7-15(8-6-13)26-12-14(23-24-26)11-25-18(27)20(22-19(25)28)9-10-29-17-4-2-1-3-16(17)20/h1-8,12H,9-11H2,(H,22,28)/t20-/m1/s1. The van der Waals surface area contributed by atoms with Crippen molar-refractivity contribution in [1.29, 1.82) is 0 Å². The number of ether oxygens (including phenoxy) is 1. The molecule has 1 spiro atoms. The maximum atomic E-state index is 13.3. The van der Waals surface area contributed by atoms with E-state index in [1.165, 1.54) is 4.90 Å². The Morgan fingerprint density at radius 2 is 1.93 bits per heavy atom. The summed E-state index contributed by atoms with van der Waals surface area (Å²) in [6.45, 7) is 0.382. The zero-order chi connectivity index (χ0) is 20.0. The fourth-order valence-electron chi connectivity index (χ4n) is 3.77. The third-order valence-electron chi connectivity index (χ3n) is 5.21. The van der Waals surface area contributed by atoms with Crippen molar-refractivity contribution in [3.05, 3.63) is 71.0 Å². The number of hydrogen-bond acceptors (Lipinski definition) is 5. The molecular weight excluding hydrogens is 394 g/mol. The van der Waals surface area contributed by atoms with Gasteiger partial charge in [-0.2, -0.15) is 0 Å². The average Bonchev–Trinajstić information content (AvgIpc) is 3.29. The SMILES string of the molecule is O=C1N[C@@]2(CCOc3ccccc32)C(=O)N1Cc1cn(-c2ccc(Cl)cc2)nn1. The van der Waals surface area contributed by atoms with Gasteiger partial charge in [-0.05, 0) is 30.3 Å². The second kappa shape index (κ2) is 6.59. The summed E-state index contributed by atoms with van der Waals surface area (Å²) in [4.78, 5) is 27.1.